The molecule has 0 fully saturated rings. The number of carbonyl (C=O) groups excluding carboxylic acids is 1. The molecule has 2 rings (SSSR count). The first-order valence-electron chi connectivity index (χ1n) is 6.32. The quantitative estimate of drug-likeness (QED) is 0.784. The van der Waals surface area contributed by atoms with Crippen LogP contribution >= 0.6 is 0 Å². The third-order valence-corrected chi connectivity index (χ3v) is 2.73. The van der Waals surface area contributed by atoms with Gasteiger partial charge in [0.15, 0.2) is 5.82 Å². The van der Waals surface area contributed by atoms with Crippen molar-refractivity contribution in [3.05, 3.63) is 30.0 Å². The molecule has 2 aromatic heterocycles. The van der Waals surface area contributed by atoms with E-state index in [4.69, 9.17) is 4.42 Å². The Labute approximate surface area is 115 Å². The average Bonchev–Trinajstić information content (AvgIpc) is 3.06. The fourth-order valence-electron chi connectivity index (χ4n) is 1.72. The van der Waals surface area contributed by atoms with Gasteiger partial charge in [0.1, 0.15) is 18.4 Å². The van der Waals surface area contributed by atoms with Crippen molar-refractivity contribution in [2.45, 2.75) is 32.4 Å². The maximum atomic E-state index is 11.8. The first-order valence-corrected chi connectivity index (χ1v) is 6.32. The second kappa shape index (κ2) is 6.29. The van der Waals surface area contributed by atoms with Gasteiger partial charge in [0, 0.05) is 5.92 Å². The molecular formula is C12H17N5O3. The summed E-state index contributed by atoms with van der Waals surface area (Å²) >= 11 is 0. The molecule has 0 aliphatic heterocycles. The zero-order valence-corrected chi connectivity index (χ0v) is 11.4. The van der Waals surface area contributed by atoms with Crippen molar-refractivity contribution in [1.82, 2.24) is 25.5 Å². The third kappa shape index (κ3) is 3.41. The monoisotopic (exact) mass is 279 g/mol. The molecule has 20 heavy (non-hydrogen) atoms. The molecule has 1 amide bonds. The summed E-state index contributed by atoms with van der Waals surface area (Å²) < 4.78 is 6.49. The Morgan fingerprint density at radius 2 is 2.35 bits per heavy atom. The minimum atomic E-state index is -0.868. The summed E-state index contributed by atoms with van der Waals surface area (Å²) in [5, 5.41) is 23.6. The average molecular weight is 279 g/mol. The summed E-state index contributed by atoms with van der Waals surface area (Å²) in [4.78, 5) is 11.8. The first kappa shape index (κ1) is 14.2. The first-order chi connectivity index (χ1) is 9.58. The molecule has 1 unspecified atom stereocenters. The smallest absolute Gasteiger partial charge is 0.241 e. The Kier molecular flexibility index (Phi) is 4.46. The second-order valence-electron chi connectivity index (χ2n) is 4.68. The Balaban J connectivity index is 1.85. The van der Waals surface area contributed by atoms with Crippen LogP contribution in [0.5, 0.6) is 0 Å². The lowest BCUT2D eigenvalue weighted by Crippen LogP contribution is -2.32. The predicted molar refractivity (Wildman–Crippen MR) is 68.6 cm³/mol. The van der Waals surface area contributed by atoms with Gasteiger partial charge in [-0.25, -0.2) is 4.68 Å². The van der Waals surface area contributed by atoms with E-state index in [2.05, 4.69) is 20.8 Å². The van der Waals surface area contributed by atoms with E-state index in [1.807, 2.05) is 13.8 Å². The number of aromatic nitrogens is 4. The van der Waals surface area contributed by atoms with Gasteiger partial charge in [-0.15, -0.1) is 5.10 Å². The van der Waals surface area contributed by atoms with Crippen molar-refractivity contribution in [3.63, 3.8) is 0 Å². The van der Waals surface area contributed by atoms with Gasteiger partial charge >= 0.3 is 0 Å². The van der Waals surface area contributed by atoms with Crippen LogP contribution in [0.4, 0.5) is 0 Å². The van der Waals surface area contributed by atoms with Crippen LogP contribution in [0.15, 0.2) is 22.8 Å². The molecule has 2 heterocycles. The van der Waals surface area contributed by atoms with Gasteiger partial charge in [0.25, 0.3) is 0 Å². The van der Waals surface area contributed by atoms with E-state index < -0.39 is 6.10 Å². The predicted octanol–water partition coefficient (Wildman–Crippen LogP) is 0.239. The lowest BCUT2D eigenvalue weighted by Gasteiger charge is -2.10. The molecule has 108 valence electrons. The van der Waals surface area contributed by atoms with Crippen LogP contribution in [0.3, 0.4) is 0 Å². The number of furan rings is 1. The van der Waals surface area contributed by atoms with Gasteiger partial charge < -0.3 is 14.8 Å². The standard InChI is InChI=1S/C12H17N5O3/c1-8(2)12-14-15-16-17(12)7-11(19)13-6-9(18)10-4-3-5-20-10/h3-5,8-9,18H,6-7H2,1-2H3,(H,13,19). The maximum absolute atomic E-state index is 11.8. The fraction of sp³-hybridized carbons (Fsp3) is 0.500. The number of amides is 1. The van der Waals surface area contributed by atoms with E-state index in [0.717, 1.165) is 0 Å². The van der Waals surface area contributed by atoms with Crippen LogP contribution in [0.25, 0.3) is 0 Å². The minimum Gasteiger partial charge on any atom is -0.467 e. The van der Waals surface area contributed by atoms with E-state index in [1.54, 1.807) is 12.1 Å². The summed E-state index contributed by atoms with van der Waals surface area (Å²) in [5.41, 5.74) is 0. The summed E-state index contributed by atoms with van der Waals surface area (Å²) in [6, 6.07) is 3.32. The molecule has 0 saturated heterocycles. The number of aliphatic hydroxyl groups excluding tert-OH is 1. The highest BCUT2D eigenvalue weighted by Crippen LogP contribution is 2.12. The molecule has 8 heteroatoms. The van der Waals surface area contributed by atoms with Crippen LogP contribution in [0.1, 0.15) is 37.5 Å². The molecule has 8 nitrogen and oxygen atoms in total. The van der Waals surface area contributed by atoms with Crippen molar-refractivity contribution in [2.24, 2.45) is 0 Å². The van der Waals surface area contributed by atoms with E-state index in [-0.39, 0.29) is 24.9 Å². The van der Waals surface area contributed by atoms with Gasteiger partial charge in [0.05, 0.1) is 12.8 Å². The summed E-state index contributed by atoms with van der Waals surface area (Å²) in [6.45, 7) is 3.98. The summed E-state index contributed by atoms with van der Waals surface area (Å²) in [6.07, 6.45) is 0.600. The zero-order chi connectivity index (χ0) is 14.5. The maximum Gasteiger partial charge on any atom is 0.241 e. The van der Waals surface area contributed by atoms with Crippen LogP contribution in [0, 0.1) is 0 Å². The lowest BCUT2D eigenvalue weighted by atomic mass is 10.2. The molecular weight excluding hydrogens is 262 g/mol. The number of nitrogens with zero attached hydrogens (tertiary/aromatic N) is 4. The molecule has 0 aliphatic carbocycles. The van der Waals surface area contributed by atoms with Crippen LogP contribution < -0.4 is 5.32 Å². The largest absolute Gasteiger partial charge is 0.467 e. The van der Waals surface area contributed by atoms with E-state index >= 15 is 0 Å². The molecule has 0 spiro atoms. The Hall–Kier alpha value is -2.22. The highest BCUT2D eigenvalue weighted by molar-refractivity contribution is 5.75. The normalized spacial score (nSPS) is 12.6. The van der Waals surface area contributed by atoms with Crippen molar-refractivity contribution >= 4 is 5.91 Å². The third-order valence-electron chi connectivity index (χ3n) is 2.73. The highest BCUT2D eigenvalue weighted by atomic mass is 16.4. The topological polar surface area (TPSA) is 106 Å². The van der Waals surface area contributed by atoms with Gasteiger partial charge in [0.2, 0.25) is 5.91 Å². The molecule has 1 atom stereocenters. The lowest BCUT2D eigenvalue weighted by molar-refractivity contribution is -0.122. The molecule has 2 aromatic rings. The summed E-state index contributed by atoms with van der Waals surface area (Å²) in [5.74, 6) is 0.915. The fourth-order valence-corrected chi connectivity index (χ4v) is 1.72. The molecule has 0 saturated carbocycles. The summed E-state index contributed by atoms with van der Waals surface area (Å²) in [7, 11) is 0. The van der Waals surface area contributed by atoms with Gasteiger partial charge in [-0.05, 0) is 22.6 Å². The van der Waals surface area contributed by atoms with Gasteiger partial charge in [-0.2, -0.15) is 0 Å². The van der Waals surface area contributed by atoms with Gasteiger partial charge in [-0.3, -0.25) is 4.79 Å². The van der Waals surface area contributed by atoms with E-state index in [1.165, 1.54) is 10.9 Å². The number of nitrogens with one attached hydrogen (secondary N) is 1. The zero-order valence-electron chi connectivity index (χ0n) is 11.4. The Morgan fingerprint density at radius 3 is 3.00 bits per heavy atom. The van der Waals surface area contributed by atoms with Crippen molar-refractivity contribution in [3.8, 4) is 0 Å². The Bertz CT molecular complexity index is 549. The molecule has 0 bridgehead atoms. The highest BCUT2D eigenvalue weighted by Gasteiger charge is 2.15. The van der Waals surface area contributed by atoms with Crippen molar-refractivity contribution in [2.75, 3.05) is 6.54 Å². The van der Waals surface area contributed by atoms with Crippen molar-refractivity contribution in [1.29, 1.82) is 0 Å². The van der Waals surface area contributed by atoms with E-state index in [0.29, 0.717) is 11.6 Å². The Morgan fingerprint density at radius 1 is 1.55 bits per heavy atom. The minimum absolute atomic E-state index is 0.0192. The number of aliphatic hydroxyl groups is 1. The molecule has 2 N–H and O–H groups in total. The van der Waals surface area contributed by atoms with Crippen LogP contribution in [-0.2, 0) is 11.3 Å². The molecule has 0 radical (unpaired) electrons. The number of hydrogen-bond donors (Lipinski definition) is 2. The van der Waals surface area contributed by atoms with Crippen LogP contribution in [0.2, 0.25) is 0 Å². The van der Waals surface area contributed by atoms with Gasteiger partial charge in [-0.1, -0.05) is 13.8 Å². The SMILES string of the molecule is CC(C)c1nnnn1CC(=O)NCC(O)c1ccco1. The number of tetrazole rings is 1. The number of hydrogen-bond acceptors (Lipinski definition) is 6. The van der Waals surface area contributed by atoms with Crippen molar-refractivity contribution < 1.29 is 14.3 Å². The number of rotatable bonds is 6. The van der Waals surface area contributed by atoms with E-state index in [9.17, 15) is 9.90 Å². The van der Waals surface area contributed by atoms with Crippen LogP contribution in [-0.4, -0.2) is 37.8 Å². The molecule has 0 aliphatic rings. The second-order valence-corrected chi connectivity index (χ2v) is 4.68. The number of carbonyl (C=O) groups is 1. The molecule has 0 aromatic carbocycles.